The molecule has 0 saturated carbocycles. The monoisotopic (exact) mass is 374 g/mol. The first kappa shape index (κ1) is 16.6. The van der Waals surface area contributed by atoms with E-state index in [1.807, 2.05) is 25.1 Å². The van der Waals surface area contributed by atoms with Gasteiger partial charge in [-0.25, -0.2) is 8.42 Å². The van der Waals surface area contributed by atoms with Crippen LogP contribution in [0, 0.1) is 12.8 Å². The van der Waals surface area contributed by atoms with Crippen LogP contribution in [0.2, 0.25) is 5.02 Å². The van der Waals surface area contributed by atoms with Crippen LogP contribution in [-0.2, 0) is 10.0 Å². The minimum Gasteiger partial charge on any atom is -0.289 e. The van der Waals surface area contributed by atoms with Crippen molar-refractivity contribution in [2.24, 2.45) is 10.9 Å². The van der Waals surface area contributed by atoms with E-state index >= 15 is 0 Å². The summed E-state index contributed by atoms with van der Waals surface area (Å²) in [5.41, 5.74) is 3.56. The van der Waals surface area contributed by atoms with Gasteiger partial charge in [0.2, 0.25) is 0 Å². The van der Waals surface area contributed by atoms with E-state index in [1.165, 1.54) is 4.31 Å². The number of hydrogen-bond donors (Lipinski definition) is 0. The van der Waals surface area contributed by atoms with Crippen molar-refractivity contribution < 1.29 is 8.42 Å². The Hall–Kier alpha value is -1.85. The first-order valence-electron chi connectivity index (χ1n) is 8.40. The van der Waals surface area contributed by atoms with E-state index in [0.717, 1.165) is 36.2 Å². The number of halogens is 1. The van der Waals surface area contributed by atoms with Crippen LogP contribution in [0.25, 0.3) is 0 Å². The highest BCUT2D eigenvalue weighted by molar-refractivity contribution is 7.92. The van der Waals surface area contributed by atoms with Crippen molar-refractivity contribution in [2.75, 3.05) is 17.4 Å². The van der Waals surface area contributed by atoms with Crippen molar-refractivity contribution in [2.45, 2.75) is 24.7 Å². The van der Waals surface area contributed by atoms with Crippen LogP contribution >= 0.6 is 11.6 Å². The number of benzene rings is 2. The van der Waals surface area contributed by atoms with Gasteiger partial charge in [-0.15, -0.1) is 0 Å². The highest BCUT2D eigenvalue weighted by Crippen LogP contribution is 2.37. The average Bonchev–Trinajstić information content (AvgIpc) is 2.99. The lowest BCUT2D eigenvalue weighted by atomic mass is 9.94. The predicted octanol–water partition coefficient (Wildman–Crippen LogP) is 4.06. The quantitative estimate of drug-likeness (QED) is 0.796. The smallest absolute Gasteiger partial charge is 0.264 e. The Morgan fingerprint density at radius 2 is 1.88 bits per heavy atom. The highest BCUT2D eigenvalue weighted by atomic mass is 35.5. The molecular formula is C19H19ClN2O2S. The zero-order valence-corrected chi connectivity index (χ0v) is 15.5. The molecule has 2 aromatic rings. The van der Waals surface area contributed by atoms with Crippen LogP contribution < -0.4 is 4.31 Å². The largest absolute Gasteiger partial charge is 0.289 e. The average molecular weight is 375 g/mol. The molecule has 0 spiro atoms. The van der Waals surface area contributed by atoms with E-state index in [-0.39, 0.29) is 0 Å². The van der Waals surface area contributed by atoms with E-state index in [9.17, 15) is 8.42 Å². The van der Waals surface area contributed by atoms with Crippen LogP contribution in [0.4, 0.5) is 5.69 Å². The Morgan fingerprint density at radius 1 is 1.12 bits per heavy atom. The molecule has 0 amide bonds. The molecule has 0 aliphatic carbocycles. The lowest BCUT2D eigenvalue weighted by Gasteiger charge is -2.24. The maximum Gasteiger partial charge on any atom is 0.264 e. The normalized spacial score (nSPS) is 19.8. The number of anilines is 1. The molecule has 4 nitrogen and oxygen atoms in total. The standard InChI is InChI=1S/C19H19ClN2O2S/c1-13-2-5-16(6-3-13)25(23,24)22-11-9-14-8-10-21-19(14)17-12-15(20)4-7-18(17)22/h2-7,12,14H,8-11H2,1H3. The summed E-state index contributed by atoms with van der Waals surface area (Å²) in [5.74, 6) is 0.301. The third-order valence-corrected chi connectivity index (χ3v) is 7.00. The molecule has 2 aliphatic rings. The molecule has 130 valence electrons. The summed E-state index contributed by atoms with van der Waals surface area (Å²) in [6, 6.07) is 12.4. The molecule has 0 fully saturated rings. The van der Waals surface area contributed by atoms with Gasteiger partial charge in [-0.2, -0.15) is 0 Å². The molecule has 0 saturated heterocycles. The minimum atomic E-state index is -3.62. The maximum absolute atomic E-state index is 13.3. The third-order valence-electron chi connectivity index (χ3n) is 4.94. The number of rotatable bonds is 2. The molecule has 0 aromatic heterocycles. The van der Waals surface area contributed by atoms with Gasteiger partial charge in [0.25, 0.3) is 10.0 Å². The van der Waals surface area contributed by atoms with Gasteiger partial charge in [-0.3, -0.25) is 9.30 Å². The van der Waals surface area contributed by atoms with Gasteiger partial charge in [0.15, 0.2) is 0 Å². The fourth-order valence-electron chi connectivity index (χ4n) is 3.60. The fourth-order valence-corrected chi connectivity index (χ4v) is 5.27. The topological polar surface area (TPSA) is 49.7 Å². The van der Waals surface area contributed by atoms with Crippen molar-refractivity contribution in [1.82, 2.24) is 0 Å². The number of sulfonamides is 1. The number of aryl methyl sites for hydroxylation is 1. The van der Waals surface area contributed by atoms with Crippen molar-refractivity contribution in [3.63, 3.8) is 0 Å². The first-order valence-corrected chi connectivity index (χ1v) is 10.2. The Labute approximate surface area is 153 Å². The number of hydrogen-bond acceptors (Lipinski definition) is 3. The van der Waals surface area contributed by atoms with Gasteiger partial charge in [-0.1, -0.05) is 29.3 Å². The van der Waals surface area contributed by atoms with Crippen molar-refractivity contribution in [3.8, 4) is 0 Å². The molecule has 4 rings (SSSR count). The van der Waals surface area contributed by atoms with Crippen LogP contribution in [0.3, 0.4) is 0 Å². The first-order chi connectivity index (χ1) is 12.0. The van der Waals surface area contributed by atoms with E-state index in [1.54, 1.807) is 24.3 Å². The summed E-state index contributed by atoms with van der Waals surface area (Å²) in [6.07, 6.45) is 1.75. The molecule has 2 heterocycles. The summed E-state index contributed by atoms with van der Waals surface area (Å²) in [5, 5.41) is 0.599. The Kier molecular flexibility index (Phi) is 4.08. The van der Waals surface area contributed by atoms with Gasteiger partial charge in [-0.05, 0) is 50.1 Å². The summed E-state index contributed by atoms with van der Waals surface area (Å²) in [7, 11) is -3.62. The number of aliphatic imine (C=N–C) groups is 1. The van der Waals surface area contributed by atoms with E-state index in [2.05, 4.69) is 4.99 Å². The van der Waals surface area contributed by atoms with Gasteiger partial charge in [0.05, 0.1) is 10.6 Å². The second kappa shape index (κ2) is 6.15. The molecule has 6 heteroatoms. The van der Waals surface area contributed by atoms with Crippen molar-refractivity contribution in [3.05, 3.63) is 58.6 Å². The van der Waals surface area contributed by atoms with E-state index < -0.39 is 10.0 Å². The number of fused-ring (bicyclic) bond motifs is 3. The summed E-state index contributed by atoms with van der Waals surface area (Å²) >= 11 is 6.19. The molecule has 1 unspecified atom stereocenters. The Bertz CT molecular complexity index is 952. The molecule has 2 aromatic carbocycles. The van der Waals surface area contributed by atoms with Crippen LogP contribution in [0.5, 0.6) is 0 Å². The van der Waals surface area contributed by atoms with Crippen LogP contribution in [0.1, 0.15) is 24.0 Å². The number of nitrogens with zero attached hydrogens (tertiary/aromatic N) is 2. The highest BCUT2D eigenvalue weighted by Gasteiger charge is 2.35. The zero-order chi connectivity index (χ0) is 17.6. The summed E-state index contributed by atoms with van der Waals surface area (Å²) < 4.78 is 28.1. The van der Waals surface area contributed by atoms with Crippen LogP contribution in [-0.4, -0.2) is 27.2 Å². The maximum atomic E-state index is 13.3. The predicted molar refractivity (Wildman–Crippen MR) is 101 cm³/mol. The lowest BCUT2D eigenvalue weighted by Crippen LogP contribution is -2.32. The van der Waals surface area contributed by atoms with Crippen molar-refractivity contribution in [1.29, 1.82) is 0 Å². The van der Waals surface area contributed by atoms with E-state index in [0.29, 0.717) is 28.1 Å². The SMILES string of the molecule is Cc1ccc(S(=O)(=O)N2CCC3CCN=C3c3cc(Cl)ccc32)cc1. The fraction of sp³-hybridized carbons (Fsp3) is 0.316. The Balaban J connectivity index is 1.86. The van der Waals surface area contributed by atoms with Gasteiger partial charge >= 0.3 is 0 Å². The minimum absolute atomic E-state index is 0.301. The summed E-state index contributed by atoms with van der Waals surface area (Å²) in [6.45, 7) is 3.20. The molecular weight excluding hydrogens is 356 g/mol. The van der Waals surface area contributed by atoms with Crippen LogP contribution in [0.15, 0.2) is 52.4 Å². The van der Waals surface area contributed by atoms with Gasteiger partial charge in [0, 0.05) is 35.3 Å². The molecule has 0 N–H and O–H groups in total. The molecule has 0 bridgehead atoms. The second-order valence-electron chi connectivity index (χ2n) is 6.59. The molecule has 2 aliphatic heterocycles. The zero-order valence-electron chi connectivity index (χ0n) is 13.9. The van der Waals surface area contributed by atoms with E-state index in [4.69, 9.17) is 11.6 Å². The lowest BCUT2D eigenvalue weighted by molar-refractivity contribution is 0.581. The molecule has 1 atom stereocenters. The third kappa shape index (κ3) is 2.85. The second-order valence-corrected chi connectivity index (χ2v) is 8.89. The molecule has 25 heavy (non-hydrogen) atoms. The van der Waals surface area contributed by atoms with Gasteiger partial charge in [0.1, 0.15) is 0 Å². The summed E-state index contributed by atoms with van der Waals surface area (Å²) in [4.78, 5) is 4.95. The van der Waals surface area contributed by atoms with Crippen molar-refractivity contribution >= 4 is 33.0 Å². The Morgan fingerprint density at radius 3 is 2.64 bits per heavy atom. The van der Waals surface area contributed by atoms with Gasteiger partial charge < -0.3 is 0 Å². The molecule has 0 radical (unpaired) electrons.